The van der Waals surface area contributed by atoms with Crippen LogP contribution in [0.25, 0.3) is 0 Å². The molecule has 15 heavy (non-hydrogen) atoms. The fraction of sp³-hybridized carbons (Fsp3) is 0.400. The lowest BCUT2D eigenvalue weighted by atomic mass is 10.1. The molecule has 0 saturated carbocycles. The van der Waals surface area contributed by atoms with Crippen LogP contribution in [0.15, 0.2) is 6.07 Å². The van der Waals surface area contributed by atoms with Crippen LogP contribution in [0, 0.1) is 0 Å². The average molecular weight is 248 g/mol. The number of hydrogen-bond acceptors (Lipinski definition) is 3. The van der Waals surface area contributed by atoms with Crippen molar-refractivity contribution in [2.75, 3.05) is 7.11 Å². The highest BCUT2D eigenvalue weighted by atomic mass is 35.5. The van der Waals surface area contributed by atoms with E-state index in [1.54, 1.807) is 13.0 Å². The van der Waals surface area contributed by atoms with Gasteiger partial charge in [-0.1, -0.05) is 30.1 Å². The van der Waals surface area contributed by atoms with Gasteiger partial charge in [-0.15, -0.1) is 0 Å². The molecular formula is C10H11Cl2NO2. The second-order valence-corrected chi connectivity index (χ2v) is 3.73. The van der Waals surface area contributed by atoms with Crippen molar-refractivity contribution in [2.24, 2.45) is 0 Å². The molecule has 0 fully saturated rings. The number of nitrogens with zero attached hydrogens (tertiary/aromatic N) is 1. The Morgan fingerprint density at radius 2 is 2.20 bits per heavy atom. The first-order chi connectivity index (χ1) is 7.08. The van der Waals surface area contributed by atoms with Gasteiger partial charge in [0.2, 0.25) is 0 Å². The van der Waals surface area contributed by atoms with E-state index in [2.05, 4.69) is 4.98 Å². The molecule has 1 aromatic rings. The number of halogens is 2. The third kappa shape index (κ3) is 3.08. The summed E-state index contributed by atoms with van der Waals surface area (Å²) in [6, 6.07) is 1.55. The molecule has 0 aliphatic heterocycles. The van der Waals surface area contributed by atoms with E-state index in [9.17, 15) is 4.79 Å². The van der Waals surface area contributed by atoms with Gasteiger partial charge in [0.05, 0.1) is 7.11 Å². The Labute approximate surface area is 98.4 Å². The zero-order chi connectivity index (χ0) is 11.4. The first-order valence-corrected chi connectivity index (χ1v) is 5.24. The van der Waals surface area contributed by atoms with Crippen molar-refractivity contribution >= 4 is 29.0 Å². The lowest BCUT2D eigenvalue weighted by Crippen LogP contribution is -2.04. The van der Waals surface area contributed by atoms with Crippen molar-refractivity contribution in [3.05, 3.63) is 21.9 Å². The molecule has 0 aliphatic carbocycles. The first kappa shape index (κ1) is 12.3. The Morgan fingerprint density at radius 1 is 1.53 bits per heavy atom. The van der Waals surface area contributed by atoms with Crippen molar-refractivity contribution < 1.29 is 9.53 Å². The Hall–Kier alpha value is -0.800. The molecule has 0 bridgehead atoms. The van der Waals surface area contributed by atoms with Crippen LogP contribution in [0.3, 0.4) is 0 Å². The third-order valence-corrected chi connectivity index (χ3v) is 2.50. The summed E-state index contributed by atoms with van der Waals surface area (Å²) in [5.74, 6) is 0.584. The minimum atomic E-state index is 0.0827. The maximum absolute atomic E-state index is 11.3. The van der Waals surface area contributed by atoms with Gasteiger partial charge in [0, 0.05) is 24.5 Å². The molecule has 5 heteroatoms. The summed E-state index contributed by atoms with van der Waals surface area (Å²) >= 11 is 11.6. The Balaban J connectivity index is 3.09. The lowest BCUT2D eigenvalue weighted by molar-refractivity contribution is -0.118. The standard InChI is InChI=1S/C10H11Cl2NO2/c1-3-6(14)4-7-8(15-2)5-9(11)13-10(7)12/h5H,3-4H2,1-2H3. The molecule has 0 amide bonds. The van der Waals surface area contributed by atoms with Gasteiger partial charge in [0.15, 0.2) is 0 Å². The number of ketones is 1. The molecule has 0 aromatic carbocycles. The minimum absolute atomic E-state index is 0.0827. The number of Topliss-reactive ketones (excluding diaryl/α,β-unsaturated/α-hetero) is 1. The second kappa shape index (κ2) is 5.33. The van der Waals surface area contributed by atoms with Crippen molar-refractivity contribution in [1.29, 1.82) is 0 Å². The van der Waals surface area contributed by atoms with Crippen molar-refractivity contribution in [1.82, 2.24) is 4.98 Å². The maximum atomic E-state index is 11.3. The molecule has 0 radical (unpaired) electrons. The van der Waals surface area contributed by atoms with Gasteiger partial charge in [0.1, 0.15) is 21.8 Å². The van der Waals surface area contributed by atoms with E-state index in [-0.39, 0.29) is 22.5 Å². The largest absolute Gasteiger partial charge is 0.496 e. The van der Waals surface area contributed by atoms with Crippen molar-refractivity contribution in [3.63, 3.8) is 0 Å². The molecule has 0 aliphatic rings. The van der Waals surface area contributed by atoms with Gasteiger partial charge < -0.3 is 4.74 Å². The van der Waals surface area contributed by atoms with Gasteiger partial charge >= 0.3 is 0 Å². The molecule has 0 saturated heterocycles. The fourth-order valence-electron chi connectivity index (χ4n) is 1.15. The number of pyridine rings is 1. The molecule has 0 N–H and O–H groups in total. The predicted octanol–water partition coefficient (Wildman–Crippen LogP) is 2.92. The summed E-state index contributed by atoms with van der Waals surface area (Å²) in [6.07, 6.45) is 0.685. The monoisotopic (exact) mass is 247 g/mol. The highest BCUT2D eigenvalue weighted by Crippen LogP contribution is 2.28. The number of ether oxygens (including phenoxy) is 1. The van der Waals surface area contributed by atoms with E-state index < -0.39 is 0 Å². The third-order valence-electron chi connectivity index (χ3n) is 1.99. The summed E-state index contributed by atoms with van der Waals surface area (Å²) in [5.41, 5.74) is 0.593. The molecule has 3 nitrogen and oxygen atoms in total. The SMILES string of the molecule is CCC(=O)Cc1c(OC)cc(Cl)nc1Cl. The summed E-state index contributed by atoms with van der Waals surface area (Å²) in [6.45, 7) is 1.80. The van der Waals surface area contributed by atoms with Crippen LogP contribution >= 0.6 is 23.2 Å². The highest BCUT2D eigenvalue weighted by Gasteiger charge is 2.14. The van der Waals surface area contributed by atoms with E-state index in [0.29, 0.717) is 17.7 Å². The van der Waals surface area contributed by atoms with Crippen molar-refractivity contribution in [3.8, 4) is 5.75 Å². The van der Waals surface area contributed by atoms with Crippen LogP contribution in [-0.2, 0) is 11.2 Å². The number of carbonyl (C=O) groups is 1. The van der Waals surface area contributed by atoms with E-state index in [1.807, 2.05) is 0 Å². The molecule has 0 atom stereocenters. The highest BCUT2D eigenvalue weighted by molar-refractivity contribution is 6.33. The van der Waals surface area contributed by atoms with Crippen LogP contribution in [0.5, 0.6) is 5.75 Å². The number of rotatable bonds is 4. The number of aromatic nitrogens is 1. The van der Waals surface area contributed by atoms with E-state index >= 15 is 0 Å². The fourth-order valence-corrected chi connectivity index (χ4v) is 1.63. The average Bonchev–Trinajstić information content (AvgIpc) is 2.21. The molecule has 0 spiro atoms. The Morgan fingerprint density at radius 3 is 2.73 bits per heavy atom. The molecule has 1 aromatic heterocycles. The van der Waals surface area contributed by atoms with Crippen LogP contribution in [0.1, 0.15) is 18.9 Å². The Kier molecular flexibility index (Phi) is 4.36. The van der Waals surface area contributed by atoms with Gasteiger partial charge in [-0.05, 0) is 0 Å². The van der Waals surface area contributed by atoms with Gasteiger partial charge in [-0.3, -0.25) is 4.79 Å². The molecule has 0 unspecified atom stereocenters. The van der Waals surface area contributed by atoms with Crippen molar-refractivity contribution in [2.45, 2.75) is 19.8 Å². The summed E-state index contributed by atoms with van der Waals surface area (Å²) < 4.78 is 5.09. The molecule has 1 rings (SSSR count). The maximum Gasteiger partial charge on any atom is 0.138 e. The number of methoxy groups -OCH3 is 1. The normalized spacial score (nSPS) is 10.1. The second-order valence-electron chi connectivity index (χ2n) is 2.99. The van der Waals surface area contributed by atoms with Gasteiger partial charge in [-0.25, -0.2) is 4.98 Å². The van der Waals surface area contributed by atoms with Crippen LogP contribution in [-0.4, -0.2) is 17.9 Å². The zero-order valence-electron chi connectivity index (χ0n) is 8.51. The van der Waals surface area contributed by atoms with E-state index in [4.69, 9.17) is 27.9 Å². The Bertz CT molecular complexity index is 380. The lowest BCUT2D eigenvalue weighted by Gasteiger charge is -2.09. The molecule has 82 valence electrons. The zero-order valence-corrected chi connectivity index (χ0v) is 10.0. The van der Waals surface area contributed by atoms with Crippen LogP contribution < -0.4 is 4.74 Å². The summed E-state index contributed by atoms with van der Waals surface area (Å²) in [7, 11) is 1.50. The quantitative estimate of drug-likeness (QED) is 0.769. The first-order valence-electron chi connectivity index (χ1n) is 4.49. The smallest absolute Gasteiger partial charge is 0.138 e. The van der Waals surface area contributed by atoms with Crippen LogP contribution in [0.4, 0.5) is 0 Å². The van der Waals surface area contributed by atoms with Crippen LogP contribution in [0.2, 0.25) is 10.3 Å². The minimum Gasteiger partial charge on any atom is -0.496 e. The summed E-state index contributed by atoms with van der Waals surface area (Å²) in [5, 5.41) is 0.477. The van der Waals surface area contributed by atoms with Gasteiger partial charge in [-0.2, -0.15) is 0 Å². The topological polar surface area (TPSA) is 39.2 Å². The number of carbonyl (C=O) groups excluding carboxylic acids is 1. The van der Waals surface area contributed by atoms with Gasteiger partial charge in [0.25, 0.3) is 0 Å². The number of hydrogen-bond donors (Lipinski definition) is 0. The summed E-state index contributed by atoms with van der Waals surface area (Å²) in [4.78, 5) is 15.2. The van der Waals surface area contributed by atoms with E-state index in [0.717, 1.165) is 0 Å². The van der Waals surface area contributed by atoms with E-state index in [1.165, 1.54) is 7.11 Å². The molecule has 1 heterocycles. The predicted molar refractivity (Wildman–Crippen MR) is 59.8 cm³/mol. The molecular weight excluding hydrogens is 237 g/mol.